The molecular weight excluding hydrogens is 434 g/mol. The van der Waals surface area contributed by atoms with E-state index in [1.165, 1.54) is 0 Å². The Morgan fingerprint density at radius 2 is 1.62 bits per heavy atom. The van der Waals surface area contributed by atoms with E-state index in [2.05, 4.69) is 39.8 Å². The number of fused-ring (bicyclic) bond motifs is 2. The second-order valence-corrected chi connectivity index (χ2v) is 8.26. The van der Waals surface area contributed by atoms with Crippen LogP contribution in [-0.2, 0) is 14.3 Å². The third-order valence-corrected chi connectivity index (χ3v) is 6.13. The summed E-state index contributed by atoms with van der Waals surface area (Å²) in [4.78, 5) is 27.6. The van der Waals surface area contributed by atoms with Crippen LogP contribution in [-0.4, -0.2) is 62.8 Å². The van der Waals surface area contributed by atoms with Crippen LogP contribution in [0, 0.1) is 0 Å². The van der Waals surface area contributed by atoms with Crippen molar-refractivity contribution in [1.29, 1.82) is 0 Å². The molecule has 0 aromatic heterocycles. The Morgan fingerprint density at radius 1 is 0.853 bits per heavy atom. The summed E-state index contributed by atoms with van der Waals surface area (Å²) in [5.74, 6) is -0.242. The molecule has 0 bridgehead atoms. The monoisotopic (exact) mass is 461 g/mol. The van der Waals surface area contributed by atoms with Gasteiger partial charge in [0.2, 0.25) is 0 Å². The Kier molecular flexibility index (Phi) is 6.60. The lowest BCUT2D eigenvalue weighted by Gasteiger charge is -2.35. The predicted octanol–water partition coefficient (Wildman–Crippen LogP) is 2.74. The van der Waals surface area contributed by atoms with Crippen molar-refractivity contribution in [3.63, 3.8) is 0 Å². The minimum atomic E-state index is -0.727. The highest BCUT2D eigenvalue weighted by Gasteiger charge is 2.26. The first-order chi connectivity index (χ1) is 16.7. The van der Waals surface area contributed by atoms with E-state index in [1.54, 1.807) is 18.2 Å². The summed E-state index contributed by atoms with van der Waals surface area (Å²) in [6.07, 6.45) is 0. The fourth-order valence-corrected chi connectivity index (χ4v) is 4.44. The molecular formula is C26H27N3O5. The Hall–Kier alpha value is -3.62. The Labute approximate surface area is 197 Å². The molecule has 3 aromatic carbocycles. The number of benzene rings is 3. The lowest BCUT2D eigenvalue weighted by molar-refractivity contribution is -0.136. The third-order valence-electron chi connectivity index (χ3n) is 6.13. The van der Waals surface area contributed by atoms with Crippen LogP contribution >= 0.6 is 0 Å². The van der Waals surface area contributed by atoms with Crippen LogP contribution in [0.5, 0.6) is 11.5 Å². The maximum atomic E-state index is 12.7. The van der Waals surface area contributed by atoms with Crippen molar-refractivity contribution in [3.05, 3.63) is 66.2 Å². The van der Waals surface area contributed by atoms with Crippen molar-refractivity contribution in [1.82, 2.24) is 10.2 Å². The number of hydrogen-bond donors (Lipinski definition) is 2. The molecule has 0 radical (unpaired) electrons. The molecule has 0 aliphatic carbocycles. The number of anilines is 1. The van der Waals surface area contributed by atoms with Gasteiger partial charge in [0.1, 0.15) is 13.2 Å². The molecule has 1 saturated heterocycles. The number of hydrogen-bond acceptors (Lipinski definition) is 6. The summed E-state index contributed by atoms with van der Waals surface area (Å²) < 4.78 is 16.6. The number of nitrogens with one attached hydrogen (secondary N) is 2. The first-order valence-electron chi connectivity index (χ1n) is 11.5. The van der Waals surface area contributed by atoms with Crippen LogP contribution < -0.4 is 20.1 Å². The molecule has 2 amide bonds. The number of morpholine rings is 1. The molecule has 2 heterocycles. The van der Waals surface area contributed by atoms with Crippen molar-refractivity contribution < 1.29 is 23.8 Å². The first kappa shape index (κ1) is 22.2. The van der Waals surface area contributed by atoms with Gasteiger partial charge >= 0.3 is 11.8 Å². The molecule has 2 N–H and O–H groups in total. The molecule has 2 aliphatic heterocycles. The van der Waals surface area contributed by atoms with Crippen molar-refractivity contribution in [2.75, 3.05) is 51.4 Å². The lowest BCUT2D eigenvalue weighted by Crippen LogP contribution is -2.45. The van der Waals surface area contributed by atoms with Gasteiger partial charge in [0.25, 0.3) is 0 Å². The highest BCUT2D eigenvalue weighted by Crippen LogP contribution is 2.32. The molecule has 5 rings (SSSR count). The standard InChI is InChI=1S/C26H27N3O5/c30-25(26(31)28-19-8-9-23-24(16-19)34-15-14-33-23)27-17-22(29-10-12-32-13-11-29)21-7-3-5-18-4-1-2-6-20(18)21/h1-9,16,22H,10-15,17H2,(H,27,30)(H,28,31). The molecule has 8 heteroatoms. The average molecular weight is 462 g/mol. The van der Waals surface area contributed by atoms with E-state index in [9.17, 15) is 9.59 Å². The summed E-state index contributed by atoms with van der Waals surface area (Å²) in [5.41, 5.74) is 1.59. The minimum absolute atomic E-state index is 0.0824. The fraction of sp³-hybridized carbons (Fsp3) is 0.308. The van der Waals surface area contributed by atoms with E-state index in [0.29, 0.717) is 50.2 Å². The van der Waals surface area contributed by atoms with Crippen molar-refractivity contribution in [2.24, 2.45) is 0 Å². The zero-order valence-electron chi connectivity index (χ0n) is 18.8. The molecule has 0 spiro atoms. The number of ether oxygens (including phenoxy) is 3. The molecule has 34 heavy (non-hydrogen) atoms. The van der Waals surface area contributed by atoms with Crippen LogP contribution in [0.2, 0.25) is 0 Å². The Bertz CT molecular complexity index is 1190. The average Bonchev–Trinajstić information content (AvgIpc) is 2.89. The molecule has 176 valence electrons. The maximum Gasteiger partial charge on any atom is 0.313 e. The number of carbonyl (C=O) groups excluding carboxylic acids is 2. The number of amides is 2. The molecule has 3 aromatic rings. The van der Waals surface area contributed by atoms with E-state index in [0.717, 1.165) is 29.4 Å². The van der Waals surface area contributed by atoms with Crippen LogP contribution in [0.1, 0.15) is 11.6 Å². The maximum absolute atomic E-state index is 12.7. The SMILES string of the molecule is O=C(NCC(c1cccc2ccccc12)N1CCOCC1)C(=O)Nc1ccc2c(c1)OCCO2. The van der Waals surface area contributed by atoms with E-state index < -0.39 is 11.8 Å². The van der Waals surface area contributed by atoms with Gasteiger partial charge < -0.3 is 24.8 Å². The van der Waals surface area contributed by atoms with E-state index in [-0.39, 0.29) is 6.04 Å². The zero-order chi connectivity index (χ0) is 23.3. The van der Waals surface area contributed by atoms with Crippen molar-refractivity contribution >= 4 is 28.3 Å². The van der Waals surface area contributed by atoms with Gasteiger partial charge in [0, 0.05) is 31.4 Å². The van der Waals surface area contributed by atoms with Gasteiger partial charge in [0.05, 0.1) is 19.3 Å². The second kappa shape index (κ2) is 10.1. The van der Waals surface area contributed by atoms with Crippen LogP contribution in [0.15, 0.2) is 60.7 Å². The number of nitrogens with zero attached hydrogens (tertiary/aromatic N) is 1. The molecule has 1 unspecified atom stereocenters. The quantitative estimate of drug-likeness (QED) is 0.568. The van der Waals surface area contributed by atoms with E-state index >= 15 is 0 Å². The molecule has 8 nitrogen and oxygen atoms in total. The zero-order valence-corrected chi connectivity index (χ0v) is 18.8. The predicted molar refractivity (Wildman–Crippen MR) is 128 cm³/mol. The molecule has 2 aliphatic rings. The lowest BCUT2D eigenvalue weighted by atomic mass is 9.97. The highest BCUT2D eigenvalue weighted by molar-refractivity contribution is 6.39. The number of carbonyl (C=O) groups is 2. The molecule has 1 fully saturated rings. The fourth-order valence-electron chi connectivity index (χ4n) is 4.44. The summed E-state index contributed by atoms with van der Waals surface area (Å²) in [5, 5.41) is 7.76. The normalized spacial score (nSPS) is 16.6. The second-order valence-electron chi connectivity index (χ2n) is 8.26. The first-order valence-corrected chi connectivity index (χ1v) is 11.5. The van der Waals surface area contributed by atoms with E-state index in [1.807, 2.05) is 18.2 Å². The Morgan fingerprint density at radius 3 is 2.47 bits per heavy atom. The Balaban J connectivity index is 1.30. The van der Waals surface area contributed by atoms with Gasteiger partial charge in [-0.3, -0.25) is 14.5 Å². The number of rotatable bonds is 5. The summed E-state index contributed by atoms with van der Waals surface area (Å²) in [6, 6.07) is 19.4. The minimum Gasteiger partial charge on any atom is -0.486 e. The van der Waals surface area contributed by atoms with Gasteiger partial charge in [-0.25, -0.2) is 0 Å². The topological polar surface area (TPSA) is 89.1 Å². The van der Waals surface area contributed by atoms with Gasteiger partial charge in [-0.2, -0.15) is 0 Å². The highest BCUT2D eigenvalue weighted by atomic mass is 16.6. The third kappa shape index (κ3) is 4.83. The largest absolute Gasteiger partial charge is 0.486 e. The van der Waals surface area contributed by atoms with Crippen molar-refractivity contribution in [3.8, 4) is 11.5 Å². The van der Waals surface area contributed by atoms with Gasteiger partial charge in [-0.1, -0.05) is 42.5 Å². The van der Waals surface area contributed by atoms with Crippen molar-refractivity contribution in [2.45, 2.75) is 6.04 Å². The van der Waals surface area contributed by atoms with Gasteiger partial charge in [-0.15, -0.1) is 0 Å². The van der Waals surface area contributed by atoms with Crippen LogP contribution in [0.25, 0.3) is 10.8 Å². The van der Waals surface area contributed by atoms with Crippen LogP contribution in [0.4, 0.5) is 5.69 Å². The van der Waals surface area contributed by atoms with Crippen LogP contribution in [0.3, 0.4) is 0 Å². The molecule has 1 atom stereocenters. The summed E-state index contributed by atoms with van der Waals surface area (Å²) >= 11 is 0. The molecule has 0 saturated carbocycles. The van der Waals surface area contributed by atoms with Gasteiger partial charge in [0.15, 0.2) is 11.5 Å². The van der Waals surface area contributed by atoms with E-state index in [4.69, 9.17) is 14.2 Å². The smallest absolute Gasteiger partial charge is 0.313 e. The van der Waals surface area contributed by atoms with Gasteiger partial charge in [-0.05, 0) is 28.5 Å². The summed E-state index contributed by atoms with van der Waals surface area (Å²) in [7, 11) is 0. The summed E-state index contributed by atoms with van der Waals surface area (Å²) in [6.45, 7) is 4.03.